The molecule has 0 aliphatic heterocycles. The summed E-state index contributed by atoms with van der Waals surface area (Å²) >= 11 is 0. The lowest BCUT2D eigenvalue weighted by Gasteiger charge is -1.97. The van der Waals surface area contributed by atoms with Crippen LogP contribution in [0.15, 0.2) is 30.3 Å². The van der Waals surface area contributed by atoms with E-state index in [1.165, 1.54) is 0 Å². The van der Waals surface area contributed by atoms with Gasteiger partial charge in [-0.2, -0.15) is 0 Å². The molecule has 14 heavy (non-hydrogen) atoms. The average Bonchev–Trinajstić information content (AvgIpc) is 2.18. The van der Waals surface area contributed by atoms with Crippen molar-refractivity contribution >= 4 is 32.7 Å². The summed E-state index contributed by atoms with van der Waals surface area (Å²) in [7, 11) is 1.99. The Morgan fingerprint density at radius 1 is 1.21 bits per heavy atom. The second kappa shape index (κ2) is 5.72. The number of carbonyl (C=O) groups is 2. The molecule has 0 atom stereocenters. The summed E-state index contributed by atoms with van der Waals surface area (Å²) in [5.41, 5.74) is 0.593. The Morgan fingerprint density at radius 2 is 1.86 bits per heavy atom. The lowest BCUT2D eigenvalue weighted by Crippen LogP contribution is -1.97. The lowest BCUT2D eigenvalue weighted by atomic mass is 10.2. The molecule has 0 saturated heterocycles. The second-order valence-electron chi connectivity index (χ2n) is 2.39. The van der Waals surface area contributed by atoms with Gasteiger partial charge in [0.15, 0.2) is 0 Å². The molecule has 1 aromatic carbocycles. The van der Waals surface area contributed by atoms with Gasteiger partial charge in [0.2, 0.25) is 5.12 Å². The van der Waals surface area contributed by atoms with Crippen LogP contribution in [-0.2, 0) is 4.79 Å². The van der Waals surface area contributed by atoms with Crippen molar-refractivity contribution < 1.29 is 14.7 Å². The van der Waals surface area contributed by atoms with Crippen LogP contribution in [0.2, 0.25) is 0 Å². The SMILES string of the molecule is O=C(O)CSSC(=O)c1ccccc1. The first-order valence-corrected chi connectivity index (χ1v) is 6.12. The van der Waals surface area contributed by atoms with E-state index in [0.717, 1.165) is 21.6 Å². The first kappa shape index (κ1) is 11.1. The highest BCUT2D eigenvalue weighted by molar-refractivity contribution is 8.82. The number of benzene rings is 1. The van der Waals surface area contributed by atoms with E-state index in [1.807, 2.05) is 6.07 Å². The zero-order valence-corrected chi connectivity index (χ0v) is 8.81. The molecule has 0 aromatic heterocycles. The van der Waals surface area contributed by atoms with Crippen LogP contribution in [0.5, 0.6) is 0 Å². The number of carboxylic acid groups (broad SMARTS) is 1. The van der Waals surface area contributed by atoms with Gasteiger partial charge in [0.1, 0.15) is 5.75 Å². The van der Waals surface area contributed by atoms with E-state index in [-0.39, 0.29) is 10.9 Å². The molecule has 0 fully saturated rings. The highest BCUT2D eigenvalue weighted by Gasteiger charge is 2.07. The van der Waals surface area contributed by atoms with E-state index in [4.69, 9.17) is 5.11 Å². The summed E-state index contributed by atoms with van der Waals surface area (Å²) in [5.74, 6) is -0.980. The molecule has 0 unspecified atom stereocenters. The molecule has 0 heterocycles. The van der Waals surface area contributed by atoms with Gasteiger partial charge < -0.3 is 5.11 Å². The van der Waals surface area contributed by atoms with Crippen molar-refractivity contribution in [1.29, 1.82) is 0 Å². The standard InChI is InChI=1S/C9H8O3S2/c10-8(11)6-13-14-9(12)7-4-2-1-3-5-7/h1-5H,6H2,(H,10,11). The predicted molar refractivity (Wildman–Crippen MR) is 58.5 cm³/mol. The van der Waals surface area contributed by atoms with Gasteiger partial charge in [-0.3, -0.25) is 9.59 Å². The zero-order valence-electron chi connectivity index (χ0n) is 7.17. The van der Waals surface area contributed by atoms with Crippen LogP contribution in [0.4, 0.5) is 0 Å². The first-order chi connectivity index (χ1) is 6.70. The predicted octanol–water partition coefficient (Wildman–Crippen LogP) is 2.29. The van der Waals surface area contributed by atoms with Crippen molar-refractivity contribution in [2.75, 3.05) is 5.75 Å². The van der Waals surface area contributed by atoms with Crippen molar-refractivity contribution in [3.8, 4) is 0 Å². The largest absolute Gasteiger partial charge is 0.481 e. The molecule has 0 aliphatic carbocycles. The number of rotatable bonds is 4. The van der Waals surface area contributed by atoms with Crippen LogP contribution in [-0.4, -0.2) is 21.9 Å². The molecular weight excluding hydrogens is 220 g/mol. The third-order valence-corrected chi connectivity index (χ3v) is 3.36. The van der Waals surface area contributed by atoms with E-state index in [1.54, 1.807) is 24.3 Å². The number of carbonyl (C=O) groups excluding carboxylic acids is 1. The van der Waals surface area contributed by atoms with Gasteiger partial charge in [0, 0.05) is 5.56 Å². The van der Waals surface area contributed by atoms with Gasteiger partial charge in [-0.1, -0.05) is 41.1 Å². The summed E-state index contributed by atoms with van der Waals surface area (Å²) in [6, 6.07) is 8.78. The van der Waals surface area contributed by atoms with E-state index >= 15 is 0 Å². The molecule has 0 aliphatic rings. The molecule has 1 rings (SSSR count). The van der Waals surface area contributed by atoms with Crippen molar-refractivity contribution in [2.24, 2.45) is 0 Å². The van der Waals surface area contributed by atoms with Crippen LogP contribution >= 0.6 is 21.6 Å². The van der Waals surface area contributed by atoms with Crippen molar-refractivity contribution in [3.63, 3.8) is 0 Å². The van der Waals surface area contributed by atoms with Crippen LogP contribution in [0.3, 0.4) is 0 Å². The van der Waals surface area contributed by atoms with E-state index < -0.39 is 5.97 Å². The fraction of sp³-hybridized carbons (Fsp3) is 0.111. The molecule has 0 bridgehead atoms. The quantitative estimate of drug-likeness (QED) is 0.801. The Bertz CT molecular complexity index is 324. The molecule has 0 amide bonds. The van der Waals surface area contributed by atoms with Crippen molar-refractivity contribution in [3.05, 3.63) is 35.9 Å². The first-order valence-electron chi connectivity index (χ1n) is 3.81. The summed E-state index contributed by atoms with van der Waals surface area (Å²) in [6.07, 6.45) is 0. The minimum absolute atomic E-state index is 0.0662. The fourth-order valence-corrected chi connectivity index (χ4v) is 2.34. The maximum Gasteiger partial charge on any atom is 0.314 e. The van der Waals surface area contributed by atoms with Crippen molar-refractivity contribution in [1.82, 2.24) is 0 Å². The van der Waals surface area contributed by atoms with Crippen LogP contribution < -0.4 is 0 Å². The summed E-state index contributed by atoms with van der Waals surface area (Å²) in [5, 5.41) is 8.24. The average molecular weight is 228 g/mol. The van der Waals surface area contributed by atoms with E-state index in [2.05, 4.69) is 0 Å². The maximum atomic E-state index is 11.4. The smallest absolute Gasteiger partial charge is 0.314 e. The number of hydrogen-bond donors (Lipinski definition) is 1. The number of carboxylic acids is 1. The summed E-state index contributed by atoms with van der Waals surface area (Å²) in [6.45, 7) is 0. The van der Waals surface area contributed by atoms with Crippen LogP contribution in [0.1, 0.15) is 10.4 Å². The van der Waals surface area contributed by atoms with Gasteiger partial charge in [-0.05, 0) is 10.8 Å². The topological polar surface area (TPSA) is 54.4 Å². The Kier molecular flexibility index (Phi) is 4.55. The molecule has 0 saturated carbocycles. The fourth-order valence-electron chi connectivity index (χ4n) is 0.756. The maximum absolute atomic E-state index is 11.4. The van der Waals surface area contributed by atoms with E-state index in [9.17, 15) is 9.59 Å². The van der Waals surface area contributed by atoms with Gasteiger partial charge in [0.25, 0.3) is 0 Å². The highest BCUT2D eigenvalue weighted by Crippen LogP contribution is 2.25. The minimum Gasteiger partial charge on any atom is -0.481 e. The van der Waals surface area contributed by atoms with Crippen molar-refractivity contribution in [2.45, 2.75) is 0 Å². The normalized spacial score (nSPS) is 9.71. The summed E-state index contributed by atoms with van der Waals surface area (Å²) < 4.78 is 0. The summed E-state index contributed by atoms with van der Waals surface area (Å²) in [4.78, 5) is 21.5. The molecule has 1 aromatic rings. The Labute approximate surface area is 89.3 Å². The highest BCUT2D eigenvalue weighted by atomic mass is 33.1. The molecule has 0 spiro atoms. The van der Waals surface area contributed by atoms with E-state index in [0.29, 0.717) is 5.56 Å². The van der Waals surface area contributed by atoms with Gasteiger partial charge in [-0.25, -0.2) is 0 Å². The van der Waals surface area contributed by atoms with Gasteiger partial charge in [-0.15, -0.1) is 0 Å². The second-order valence-corrected chi connectivity index (χ2v) is 4.66. The minimum atomic E-state index is -0.914. The number of aliphatic carboxylic acids is 1. The molecular formula is C9H8O3S2. The third kappa shape index (κ3) is 3.85. The molecule has 3 nitrogen and oxygen atoms in total. The Balaban J connectivity index is 2.40. The number of hydrogen-bond acceptors (Lipinski definition) is 4. The molecule has 0 radical (unpaired) electrons. The third-order valence-electron chi connectivity index (χ3n) is 1.33. The molecule has 74 valence electrons. The van der Waals surface area contributed by atoms with Gasteiger partial charge in [0.05, 0.1) is 0 Å². The molecule has 5 heteroatoms. The zero-order chi connectivity index (χ0) is 10.4. The Morgan fingerprint density at radius 3 is 2.43 bits per heavy atom. The van der Waals surface area contributed by atoms with Crippen LogP contribution in [0.25, 0.3) is 0 Å². The molecule has 1 N–H and O–H groups in total. The lowest BCUT2D eigenvalue weighted by molar-refractivity contribution is -0.133. The van der Waals surface area contributed by atoms with Crippen LogP contribution in [0, 0.1) is 0 Å². The van der Waals surface area contributed by atoms with Gasteiger partial charge >= 0.3 is 5.97 Å². The monoisotopic (exact) mass is 228 g/mol. The Hall–Kier alpha value is -0.940.